The molecule has 2 nitrogen and oxygen atoms in total. The van der Waals surface area contributed by atoms with Crippen LogP contribution >= 0.6 is 12.2 Å². The van der Waals surface area contributed by atoms with Crippen LogP contribution < -0.4 is 10.6 Å². The van der Waals surface area contributed by atoms with Gasteiger partial charge in [-0.3, -0.25) is 0 Å². The minimum atomic E-state index is 0.419. The molecule has 0 spiro atoms. The fraction of sp³-hybridized carbons (Fsp3) is 0.588. The van der Waals surface area contributed by atoms with Crippen molar-refractivity contribution in [2.24, 2.45) is 5.92 Å². The molecule has 1 rings (SSSR count). The van der Waals surface area contributed by atoms with Gasteiger partial charge in [-0.1, -0.05) is 51.8 Å². The van der Waals surface area contributed by atoms with Crippen molar-refractivity contribution in [2.45, 2.75) is 59.4 Å². The molecule has 0 heterocycles. The fourth-order valence-electron chi connectivity index (χ4n) is 2.24. The van der Waals surface area contributed by atoms with Gasteiger partial charge < -0.3 is 10.6 Å². The van der Waals surface area contributed by atoms with E-state index in [1.165, 1.54) is 18.4 Å². The van der Waals surface area contributed by atoms with Gasteiger partial charge in [0, 0.05) is 11.7 Å². The van der Waals surface area contributed by atoms with E-state index in [2.05, 4.69) is 56.5 Å². The molecule has 1 atom stereocenters. The Morgan fingerprint density at radius 2 is 1.85 bits per heavy atom. The molecule has 0 radical (unpaired) electrons. The van der Waals surface area contributed by atoms with E-state index in [9.17, 15) is 0 Å². The third kappa shape index (κ3) is 6.38. The Kier molecular flexibility index (Phi) is 7.60. The van der Waals surface area contributed by atoms with Crippen molar-refractivity contribution in [3.05, 3.63) is 29.8 Å². The van der Waals surface area contributed by atoms with E-state index in [1.54, 1.807) is 0 Å². The molecule has 0 aliphatic rings. The SMILES string of the molecule is CCc1ccccc1NC(=S)N[C@@H](C)CCCC(C)C. The van der Waals surface area contributed by atoms with Gasteiger partial charge in [0.15, 0.2) is 5.11 Å². The summed E-state index contributed by atoms with van der Waals surface area (Å²) in [6.07, 6.45) is 4.70. The summed E-state index contributed by atoms with van der Waals surface area (Å²) in [7, 11) is 0. The summed E-state index contributed by atoms with van der Waals surface area (Å²) in [5.41, 5.74) is 2.41. The molecule has 0 fully saturated rings. The van der Waals surface area contributed by atoms with Crippen LogP contribution in [0.5, 0.6) is 0 Å². The van der Waals surface area contributed by atoms with Crippen molar-refractivity contribution in [3.8, 4) is 0 Å². The molecule has 112 valence electrons. The number of nitrogens with one attached hydrogen (secondary N) is 2. The Morgan fingerprint density at radius 1 is 1.15 bits per heavy atom. The summed E-state index contributed by atoms with van der Waals surface area (Å²) in [5.74, 6) is 0.781. The largest absolute Gasteiger partial charge is 0.360 e. The third-order valence-corrected chi connectivity index (χ3v) is 3.66. The number of hydrogen-bond acceptors (Lipinski definition) is 1. The van der Waals surface area contributed by atoms with Crippen LogP contribution in [0.2, 0.25) is 0 Å². The van der Waals surface area contributed by atoms with Crippen molar-refractivity contribution in [1.82, 2.24) is 5.32 Å². The predicted octanol–water partition coefficient (Wildman–Crippen LogP) is 4.75. The number of anilines is 1. The summed E-state index contributed by atoms with van der Waals surface area (Å²) >= 11 is 5.40. The average Bonchev–Trinajstić information content (AvgIpc) is 2.38. The highest BCUT2D eigenvalue weighted by molar-refractivity contribution is 7.80. The second-order valence-corrected chi connectivity index (χ2v) is 6.24. The molecule has 0 aromatic heterocycles. The Morgan fingerprint density at radius 3 is 2.50 bits per heavy atom. The van der Waals surface area contributed by atoms with Crippen LogP contribution in [0.4, 0.5) is 5.69 Å². The first-order valence-electron chi connectivity index (χ1n) is 7.68. The molecule has 0 amide bonds. The number of para-hydroxylation sites is 1. The summed E-state index contributed by atoms with van der Waals surface area (Å²) in [4.78, 5) is 0. The maximum absolute atomic E-state index is 5.40. The molecule has 0 saturated heterocycles. The molecular formula is C17H28N2S. The molecule has 0 aliphatic carbocycles. The molecule has 1 aromatic carbocycles. The minimum Gasteiger partial charge on any atom is -0.360 e. The zero-order valence-electron chi connectivity index (χ0n) is 13.2. The van der Waals surface area contributed by atoms with Gasteiger partial charge in [0.1, 0.15) is 0 Å². The Hall–Kier alpha value is -1.09. The molecular weight excluding hydrogens is 264 g/mol. The average molecular weight is 292 g/mol. The van der Waals surface area contributed by atoms with Gasteiger partial charge in [-0.25, -0.2) is 0 Å². The van der Waals surface area contributed by atoms with E-state index in [-0.39, 0.29) is 0 Å². The highest BCUT2D eigenvalue weighted by atomic mass is 32.1. The highest BCUT2D eigenvalue weighted by Crippen LogP contribution is 2.15. The van der Waals surface area contributed by atoms with Gasteiger partial charge in [-0.05, 0) is 49.5 Å². The van der Waals surface area contributed by atoms with Crippen molar-refractivity contribution in [1.29, 1.82) is 0 Å². The van der Waals surface area contributed by atoms with Gasteiger partial charge in [0.05, 0.1) is 0 Å². The molecule has 0 saturated carbocycles. The Labute approximate surface area is 129 Å². The summed E-state index contributed by atoms with van der Waals surface area (Å²) in [5, 5.41) is 7.41. The van der Waals surface area contributed by atoms with E-state index >= 15 is 0 Å². The monoisotopic (exact) mass is 292 g/mol. The molecule has 0 bridgehead atoms. The van der Waals surface area contributed by atoms with Crippen molar-refractivity contribution in [3.63, 3.8) is 0 Å². The van der Waals surface area contributed by atoms with Gasteiger partial charge in [0.2, 0.25) is 0 Å². The van der Waals surface area contributed by atoms with Crippen molar-refractivity contribution >= 4 is 23.0 Å². The van der Waals surface area contributed by atoms with Gasteiger partial charge >= 0.3 is 0 Å². The summed E-state index contributed by atoms with van der Waals surface area (Å²) < 4.78 is 0. The Bertz CT molecular complexity index is 415. The first kappa shape index (κ1) is 17.0. The lowest BCUT2D eigenvalue weighted by molar-refractivity contribution is 0.495. The lowest BCUT2D eigenvalue weighted by Gasteiger charge is -2.18. The number of rotatable bonds is 7. The molecule has 2 N–H and O–H groups in total. The van der Waals surface area contributed by atoms with E-state index in [0.29, 0.717) is 6.04 Å². The van der Waals surface area contributed by atoms with Crippen LogP contribution in [0.3, 0.4) is 0 Å². The van der Waals surface area contributed by atoms with Crippen LogP contribution in [0.1, 0.15) is 52.5 Å². The maximum atomic E-state index is 5.40. The lowest BCUT2D eigenvalue weighted by atomic mass is 10.0. The lowest BCUT2D eigenvalue weighted by Crippen LogP contribution is -2.36. The summed E-state index contributed by atoms with van der Waals surface area (Å²) in [6, 6.07) is 8.74. The standard InChI is InChI=1S/C17H28N2S/c1-5-15-11-6-7-12-16(15)19-17(20)18-14(4)10-8-9-13(2)3/h6-7,11-14H,5,8-10H2,1-4H3,(H2,18,19,20)/t14-/m0/s1. The molecule has 20 heavy (non-hydrogen) atoms. The van der Waals surface area contributed by atoms with Crippen LogP contribution in [-0.2, 0) is 6.42 Å². The smallest absolute Gasteiger partial charge is 0.170 e. The van der Waals surface area contributed by atoms with E-state index in [0.717, 1.165) is 29.6 Å². The van der Waals surface area contributed by atoms with Crippen LogP contribution in [0, 0.1) is 5.92 Å². The van der Waals surface area contributed by atoms with Gasteiger partial charge in [-0.15, -0.1) is 0 Å². The predicted molar refractivity (Wildman–Crippen MR) is 93.3 cm³/mol. The number of benzene rings is 1. The summed E-state index contributed by atoms with van der Waals surface area (Å²) in [6.45, 7) is 8.89. The van der Waals surface area contributed by atoms with Gasteiger partial charge in [-0.2, -0.15) is 0 Å². The van der Waals surface area contributed by atoms with E-state index < -0.39 is 0 Å². The number of thiocarbonyl (C=S) groups is 1. The van der Waals surface area contributed by atoms with E-state index in [4.69, 9.17) is 12.2 Å². The topological polar surface area (TPSA) is 24.1 Å². The van der Waals surface area contributed by atoms with Crippen LogP contribution in [0.15, 0.2) is 24.3 Å². The zero-order valence-corrected chi connectivity index (χ0v) is 14.0. The second-order valence-electron chi connectivity index (χ2n) is 5.83. The molecule has 0 unspecified atom stereocenters. The minimum absolute atomic E-state index is 0.419. The highest BCUT2D eigenvalue weighted by Gasteiger charge is 2.06. The quantitative estimate of drug-likeness (QED) is 0.709. The maximum Gasteiger partial charge on any atom is 0.170 e. The fourth-order valence-corrected chi connectivity index (χ4v) is 2.55. The van der Waals surface area contributed by atoms with Crippen LogP contribution in [0.25, 0.3) is 0 Å². The number of aryl methyl sites for hydroxylation is 1. The molecule has 0 aliphatic heterocycles. The van der Waals surface area contributed by atoms with Crippen molar-refractivity contribution < 1.29 is 0 Å². The second kappa shape index (κ2) is 8.96. The Balaban J connectivity index is 2.39. The first-order chi connectivity index (χ1) is 9.52. The molecule has 3 heteroatoms. The molecule has 1 aromatic rings. The zero-order chi connectivity index (χ0) is 15.0. The normalized spacial score (nSPS) is 12.2. The van der Waals surface area contributed by atoms with Crippen LogP contribution in [-0.4, -0.2) is 11.2 Å². The van der Waals surface area contributed by atoms with E-state index in [1.807, 2.05) is 6.07 Å². The third-order valence-electron chi connectivity index (χ3n) is 3.44. The number of hydrogen-bond donors (Lipinski definition) is 2. The first-order valence-corrected chi connectivity index (χ1v) is 8.09. The van der Waals surface area contributed by atoms with Crippen molar-refractivity contribution in [2.75, 3.05) is 5.32 Å². The van der Waals surface area contributed by atoms with Gasteiger partial charge in [0.25, 0.3) is 0 Å².